The average Bonchev–Trinajstić information content (AvgIpc) is 3.22. The van der Waals surface area contributed by atoms with Gasteiger partial charge in [-0.2, -0.15) is 20.5 Å². The predicted molar refractivity (Wildman–Crippen MR) is 81.4 cm³/mol. The van der Waals surface area contributed by atoms with Crippen LogP contribution in [-0.2, 0) is 6.54 Å². The maximum Gasteiger partial charge on any atom is 0.387 e. The molecule has 0 radical (unpaired) electrons. The van der Waals surface area contributed by atoms with E-state index in [1.807, 2.05) is 18.7 Å². The van der Waals surface area contributed by atoms with Crippen LogP contribution in [0.5, 0.6) is 11.5 Å². The van der Waals surface area contributed by atoms with Gasteiger partial charge in [0.25, 0.3) is 0 Å². The van der Waals surface area contributed by atoms with Crippen LogP contribution in [0.4, 0.5) is 8.78 Å². The van der Waals surface area contributed by atoms with Gasteiger partial charge >= 0.3 is 6.61 Å². The molecule has 1 aliphatic rings. The van der Waals surface area contributed by atoms with E-state index in [-0.39, 0.29) is 5.75 Å². The summed E-state index contributed by atoms with van der Waals surface area (Å²) in [6.07, 6.45) is 4.65. The van der Waals surface area contributed by atoms with Crippen molar-refractivity contribution in [3.05, 3.63) is 23.8 Å². The second kappa shape index (κ2) is 7.31. The number of hydrogen-bond acceptors (Lipinski definition) is 4. The average molecular weight is 317 g/mol. The van der Waals surface area contributed by atoms with E-state index in [0.29, 0.717) is 23.6 Å². The summed E-state index contributed by atoms with van der Waals surface area (Å²) >= 11 is 1.90. The molecule has 1 aromatic rings. The van der Waals surface area contributed by atoms with E-state index in [0.717, 1.165) is 12.1 Å². The van der Waals surface area contributed by atoms with Crippen molar-refractivity contribution in [1.82, 2.24) is 5.32 Å². The van der Waals surface area contributed by atoms with Crippen LogP contribution in [0.2, 0.25) is 0 Å². The molecule has 0 unspecified atom stereocenters. The van der Waals surface area contributed by atoms with Gasteiger partial charge < -0.3 is 14.8 Å². The Labute approximate surface area is 128 Å². The molecule has 0 aromatic heterocycles. The number of alkyl halides is 2. The summed E-state index contributed by atoms with van der Waals surface area (Å²) in [5, 5.41) is 3.42. The molecular formula is C15H21F2NO2S. The molecule has 0 amide bonds. The lowest BCUT2D eigenvalue weighted by molar-refractivity contribution is -0.0514. The lowest BCUT2D eigenvalue weighted by atomic mass is 10.2. The quantitative estimate of drug-likeness (QED) is 0.753. The van der Waals surface area contributed by atoms with Crippen LogP contribution in [0, 0.1) is 0 Å². The van der Waals surface area contributed by atoms with E-state index in [1.165, 1.54) is 18.9 Å². The summed E-state index contributed by atoms with van der Waals surface area (Å²) in [7, 11) is 0. The van der Waals surface area contributed by atoms with Gasteiger partial charge in [0.05, 0.1) is 6.61 Å². The van der Waals surface area contributed by atoms with Crippen LogP contribution in [0.15, 0.2) is 18.2 Å². The molecule has 1 N–H and O–H groups in total. The third-order valence-corrected chi connectivity index (χ3v) is 4.96. The fourth-order valence-corrected chi connectivity index (χ4v) is 2.91. The van der Waals surface area contributed by atoms with E-state index < -0.39 is 6.61 Å². The molecule has 21 heavy (non-hydrogen) atoms. The Morgan fingerprint density at radius 2 is 2.10 bits per heavy atom. The van der Waals surface area contributed by atoms with Gasteiger partial charge in [0, 0.05) is 17.8 Å². The molecule has 1 aliphatic carbocycles. The first kappa shape index (κ1) is 16.4. The minimum absolute atomic E-state index is 0.0818. The Morgan fingerprint density at radius 1 is 1.33 bits per heavy atom. The Balaban J connectivity index is 1.94. The first-order valence-electron chi connectivity index (χ1n) is 7.05. The van der Waals surface area contributed by atoms with Gasteiger partial charge in [-0.1, -0.05) is 6.07 Å². The molecule has 0 spiro atoms. The molecule has 0 heterocycles. The van der Waals surface area contributed by atoms with Gasteiger partial charge in [0.1, 0.15) is 0 Å². The number of ether oxygens (including phenoxy) is 2. The molecule has 0 aliphatic heterocycles. The van der Waals surface area contributed by atoms with E-state index in [9.17, 15) is 8.78 Å². The van der Waals surface area contributed by atoms with Crippen LogP contribution in [0.25, 0.3) is 0 Å². The zero-order chi connectivity index (χ0) is 15.3. The van der Waals surface area contributed by atoms with Gasteiger partial charge in [0.15, 0.2) is 11.5 Å². The number of rotatable bonds is 9. The summed E-state index contributed by atoms with van der Waals surface area (Å²) in [6, 6.07) is 5.08. The SMILES string of the molecule is CCOc1cc(CNCC2(SC)CC2)ccc1OC(F)F. The molecule has 0 atom stereocenters. The highest BCUT2D eigenvalue weighted by Gasteiger charge is 2.41. The Hall–Kier alpha value is -1.01. The monoisotopic (exact) mass is 317 g/mol. The highest BCUT2D eigenvalue weighted by molar-refractivity contribution is 8.00. The minimum atomic E-state index is -2.84. The highest BCUT2D eigenvalue weighted by Crippen LogP contribution is 2.46. The van der Waals surface area contributed by atoms with Crippen LogP contribution >= 0.6 is 11.8 Å². The maximum atomic E-state index is 12.3. The third-order valence-electron chi connectivity index (χ3n) is 3.54. The standard InChI is InChI=1S/C15H21F2NO2S/c1-3-19-13-8-11(4-5-12(13)20-14(16)17)9-18-10-15(21-2)6-7-15/h4-5,8,14,18H,3,6-7,9-10H2,1-2H3. The summed E-state index contributed by atoms with van der Waals surface area (Å²) in [6.45, 7) is 1.04. The van der Waals surface area contributed by atoms with E-state index in [2.05, 4.69) is 16.3 Å². The molecule has 1 fully saturated rings. The molecule has 118 valence electrons. The van der Waals surface area contributed by atoms with E-state index in [1.54, 1.807) is 12.1 Å². The topological polar surface area (TPSA) is 30.5 Å². The van der Waals surface area contributed by atoms with E-state index in [4.69, 9.17) is 4.74 Å². The van der Waals surface area contributed by atoms with Crippen molar-refractivity contribution in [3.8, 4) is 11.5 Å². The molecule has 0 saturated heterocycles. The van der Waals surface area contributed by atoms with Gasteiger partial charge in [-0.3, -0.25) is 0 Å². The molecule has 1 saturated carbocycles. The summed E-state index contributed by atoms with van der Waals surface area (Å²) in [5.74, 6) is 0.446. The smallest absolute Gasteiger partial charge is 0.387 e. The van der Waals surface area contributed by atoms with Crippen LogP contribution in [0.3, 0.4) is 0 Å². The van der Waals surface area contributed by atoms with E-state index >= 15 is 0 Å². The second-order valence-corrected chi connectivity index (χ2v) is 6.36. The Morgan fingerprint density at radius 3 is 2.67 bits per heavy atom. The largest absolute Gasteiger partial charge is 0.490 e. The summed E-state index contributed by atoms with van der Waals surface area (Å²) < 4.78 is 34.9. The Kier molecular flexibility index (Phi) is 5.70. The van der Waals surface area contributed by atoms with Crippen molar-refractivity contribution in [2.45, 2.75) is 37.7 Å². The number of benzene rings is 1. The lowest BCUT2D eigenvalue weighted by Gasteiger charge is -2.15. The number of nitrogens with one attached hydrogen (secondary N) is 1. The van der Waals surface area contributed by atoms with Gasteiger partial charge in [-0.25, -0.2) is 0 Å². The van der Waals surface area contributed by atoms with Gasteiger partial charge in [-0.15, -0.1) is 0 Å². The number of halogens is 2. The lowest BCUT2D eigenvalue weighted by Crippen LogP contribution is -2.25. The predicted octanol–water partition coefficient (Wildman–Crippen LogP) is 3.67. The first-order chi connectivity index (χ1) is 10.1. The fraction of sp³-hybridized carbons (Fsp3) is 0.600. The Bertz CT molecular complexity index is 467. The first-order valence-corrected chi connectivity index (χ1v) is 8.27. The third kappa shape index (κ3) is 4.74. The van der Waals surface area contributed by atoms with Crippen molar-refractivity contribution >= 4 is 11.8 Å². The number of hydrogen-bond donors (Lipinski definition) is 1. The normalized spacial score (nSPS) is 16.0. The zero-order valence-corrected chi connectivity index (χ0v) is 13.1. The molecule has 3 nitrogen and oxygen atoms in total. The zero-order valence-electron chi connectivity index (χ0n) is 12.3. The van der Waals surface area contributed by atoms with Gasteiger partial charge in [0.2, 0.25) is 0 Å². The molecule has 6 heteroatoms. The fourth-order valence-electron chi connectivity index (χ4n) is 2.15. The maximum absolute atomic E-state index is 12.3. The van der Waals surface area contributed by atoms with Crippen LogP contribution in [-0.4, -0.2) is 30.8 Å². The van der Waals surface area contributed by atoms with Crippen molar-refractivity contribution < 1.29 is 18.3 Å². The van der Waals surface area contributed by atoms with Crippen LogP contribution in [0.1, 0.15) is 25.3 Å². The minimum Gasteiger partial charge on any atom is -0.490 e. The highest BCUT2D eigenvalue weighted by atomic mass is 32.2. The van der Waals surface area contributed by atoms with Crippen molar-refractivity contribution in [1.29, 1.82) is 0 Å². The molecule has 0 bridgehead atoms. The van der Waals surface area contributed by atoms with Crippen molar-refractivity contribution in [2.75, 3.05) is 19.4 Å². The second-order valence-electron chi connectivity index (χ2n) is 5.08. The summed E-state index contributed by atoms with van der Waals surface area (Å²) in [5.41, 5.74) is 0.997. The molecular weight excluding hydrogens is 296 g/mol. The van der Waals surface area contributed by atoms with Crippen LogP contribution < -0.4 is 14.8 Å². The van der Waals surface area contributed by atoms with Crippen molar-refractivity contribution in [3.63, 3.8) is 0 Å². The molecule has 2 rings (SSSR count). The molecule has 1 aromatic carbocycles. The number of thioether (sulfide) groups is 1. The van der Waals surface area contributed by atoms with Crippen molar-refractivity contribution in [2.24, 2.45) is 0 Å². The van der Waals surface area contributed by atoms with Gasteiger partial charge in [-0.05, 0) is 43.7 Å². The summed E-state index contributed by atoms with van der Waals surface area (Å²) in [4.78, 5) is 0.